The second-order valence-electron chi connectivity index (χ2n) is 3.62. The zero-order valence-electron chi connectivity index (χ0n) is 9.11. The van der Waals surface area contributed by atoms with Crippen LogP contribution in [0.2, 0.25) is 0 Å². The molecule has 6 heteroatoms. The molecule has 0 unspecified atom stereocenters. The molecular weight excluding hydrogens is 228 g/mol. The Kier molecular flexibility index (Phi) is 6.51. The molecule has 88 valence electrons. The van der Waals surface area contributed by atoms with E-state index in [1.54, 1.807) is 9.53 Å². The molecule has 0 radical (unpaired) electrons. The van der Waals surface area contributed by atoms with Crippen LogP contribution in [0.1, 0.15) is 32.6 Å². The minimum absolute atomic E-state index is 0.709. The van der Waals surface area contributed by atoms with Crippen LogP contribution in [0.3, 0.4) is 0 Å². The predicted molar refractivity (Wildman–Crippen MR) is 69.9 cm³/mol. The molecule has 0 saturated heterocycles. The number of rotatable bonds is 6. The third kappa shape index (κ3) is 5.67. The Morgan fingerprint density at radius 1 is 1.47 bits per heavy atom. The Morgan fingerprint density at radius 2 is 2.27 bits per heavy atom. The van der Waals surface area contributed by atoms with Crippen molar-refractivity contribution < 1.29 is 0 Å². The SMILES string of the molecule is CCCCCCNN1C=C(S)CN(S)N1. The van der Waals surface area contributed by atoms with Gasteiger partial charge in [-0.3, -0.25) is 0 Å². The van der Waals surface area contributed by atoms with Gasteiger partial charge in [-0.05, 0) is 6.42 Å². The zero-order valence-corrected chi connectivity index (χ0v) is 10.9. The van der Waals surface area contributed by atoms with Crippen LogP contribution in [-0.4, -0.2) is 22.6 Å². The zero-order chi connectivity index (χ0) is 11.1. The van der Waals surface area contributed by atoms with E-state index in [2.05, 4.69) is 43.3 Å². The maximum atomic E-state index is 4.31. The molecule has 1 aliphatic heterocycles. The molecule has 0 atom stereocenters. The highest BCUT2D eigenvalue weighted by Gasteiger charge is 2.11. The standard InChI is InChI=1S/C9H20N4S2/c1-2-3-4-5-6-10-12-7-9(14)8-13(15)11-12/h7,10-11,14-15H,2-6,8H2,1H3. The van der Waals surface area contributed by atoms with Gasteiger partial charge in [-0.25, -0.2) is 10.5 Å². The van der Waals surface area contributed by atoms with E-state index in [1.807, 2.05) is 6.20 Å². The molecule has 0 fully saturated rings. The van der Waals surface area contributed by atoms with Gasteiger partial charge in [0.25, 0.3) is 0 Å². The van der Waals surface area contributed by atoms with E-state index in [9.17, 15) is 0 Å². The van der Waals surface area contributed by atoms with E-state index in [-0.39, 0.29) is 0 Å². The lowest BCUT2D eigenvalue weighted by Crippen LogP contribution is -2.53. The second kappa shape index (κ2) is 7.40. The maximum Gasteiger partial charge on any atom is 0.0583 e. The van der Waals surface area contributed by atoms with Crippen molar-refractivity contribution in [2.24, 2.45) is 0 Å². The lowest BCUT2D eigenvalue weighted by Gasteiger charge is -2.31. The molecule has 0 spiro atoms. The van der Waals surface area contributed by atoms with Crippen molar-refractivity contribution >= 4 is 25.4 Å². The summed E-state index contributed by atoms with van der Waals surface area (Å²) in [5.41, 5.74) is 6.28. The molecule has 4 nitrogen and oxygen atoms in total. The van der Waals surface area contributed by atoms with E-state index in [4.69, 9.17) is 0 Å². The molecule has 1 aliphatic rings. The smallest absolute Gasteiger partial charge is 0.0583 e. The summed E-state index contributed by atoms with van der Waals surface area (Å²) in [4.78, 5) is 0.977. The van der Waals surface area contributed by atoms with Gasteiger partial charge in [0.1, 0.15) is 0 Å². The number of hydrazine groups is 3. The highest BCUT2D eigenvalue weighted by Crippen LogP contribution is 2.09. The minimum Gasteiger partial charge on any atom is -0.233 e. The van der Waals surface area contributed by atoms with Gasteiger partial charge in [0.15, 0.2) is 0 Å². The van der Waals surface area contributed by atoms with Crippen LogP contribution in [0.15, 0.2) is 11.1 Å². The summed E-state index contributed by atoms with van der Waals surface area (Å²) in [6.07, 6.45) is 6.97. The van der Waals surface area contributed by atoms with Crippen LogP contribution in [-0.2, 0) is 0 Å². The van der Waals surface area contributed by atoms with Crippen molar-refractivity contribution in [1.82, 2.24) is 20.5 Å². The van der Waals surface area contributed by atoms with E-state index in [0.717, 1.165) is 11.4 Å². The van der Waals surface area contributed by atoms with E-state index in [0.29, 0.717) is 6.54 Å². The van der Waals surface area contributed by atoms with Gasteiger partial charge >= 0.3 is 0 Å². The van der Waals surface area contributed by atoms with Crippen molar-refractivity contribution in [1.29, 1.82) is 0 Å². The van der Waals surface area contributed by atoms with Crippen molar-refractivity contribution in [2.75, 3.05) is 13.1 Å². The first kappa shape index (κ1) is 13.2. The normalized spacial score (nSPS) is 18.1. The Bertz CT molecular complexity index is 210. The van der Waals surface area contributed by atoms with Gasteiger partial charge in [-0.1, -0.05) is 39.0 Å². The molecule has 1 heterocycles. The van der Waals surface area contributed by atoms with Crippen LogP contribution in [0.25, 0.3) is 0 Å². The van der Waals surface area contributed by atoms with Gasteiger partial charge in [0, 0.05) is 17.6 Å². The number of hydrogen-bond acceptors (Lipinski definition) is 6. The summed E-state index contributed by atoms with van der Waals surface area (Å²) in [5, 5.41) is 1.80. The maximum absolute atomic E-state index is 4.31. The van der Waals surface area contributed by atoms with E-state index >= 15 is 0 Å². The van der Waals surface area contributed by atoms with E-state index < -0.39 is 0 Å². The van der Waals surface area contributed by atoms with E-state index in [1.165, 1.54) is 25.7 Å². The largest absolute Gasteiger partial charge is 0.233 e. The van der Waals surface area contributed by atoms with Crippen LogP contribution in [0.5, 0.6) is 0 Å². The second-order valence-corrected chi connectivity index (χ2v) is 4.67. The monoisotopic (exact) mass is 248 g/mol. The fraction of sp³-hybridized carbons (Fsp3) is 0.778. The Labute approximate surface area is 103 Å². The lowest BCUT2D eigenvalue weighted by atomic mass is 10.2. The Hall–Kier alpha value is 0.120. The summed E-state index contributed by atoms with van der Waals surface area (Å²) in [7, 11) is 0. The molecule has 0 aromatic carbocycles. The highest BCUT2D eigenvalue weighted by molar-refractivity contribution is 7.84. The Balaban J connectivity index is 2.13. The molecule has 0 aromatic rings. The summed E-state index contributed by atoms with van der Waals surface area (Å²) < 4.78 is 1.68. The number of nitrogens with one attached hydrogen (secondary N) is 2. The Morgan fingerprint density at radius 3 is 2.93 bits per heavy atom. The summed E-state index contributed by atoms with van der Waals surface area (Å²) in [6, 6.07) is 0. The van der Waals surface area contributed by atoms with Crippen molar-refractivity contribution in [3.8, 4) is 0 Å². The van der Waals surface area contributed by atoms with Crippen molar-refractivity contribution in [3.05, 3.63) is 11.1 Å². The summed E-state index contributed by atoms with van der Waals surface area (Å²) in [5.74, 6) is 0. The van der Waals surface area contributed by atoms with Crippen LogP contribution in [0, 0.1) is 0 Å². The lowest BCUT2D eigenvalue weighted by molar-refractivity contribution is 0.0834. The first-order chi connectivity index (χ1) is 7.22. The average molecular weight is 248 g/mol. The van der Waals surface area contributed by atoms with Gasteiger partial charge in [-0.2, -0.15) is 4.41 Å². The molecule has 0 amide bonds. The number of nitrogens with zero attached hydrogens (tertiary/aromatic N) is 2. The van der Waals surface area contributed by atoms with Gasteiger partial charge in [0.2, 0.25) is 0 Å². The number of hydrogen-bond donors (Lipinski definition) is 4. The molecule has 0 bridgehead atoms. The van der Waals surface area contributed by atoms with Gasteiger partial charge in [-0.15, -0.1) is 18.2 Å². The van der Waals surface area contributed by atoms with Gasteiger partial charge in [0.05, 0.1) is 6.54 Å². The first-order valence-corrected chi connectivity index (χ1v) is 6.22. The molecular formula is C9H20N4S2. The molecule has 2 N–H and O–H groups in total. The van der Waals surface area contributed by atoms with Gasteiger partial charge < -0.3 is 0 Å². The summed E-state index contributed by atoms with van der Waals surface area (Å²) in [6.45, 7) is 3.89. The fourth-order valence-electron chi connectivity index (χ4n) is 1.36. The number of unbranched alkanes of at least 4 members (excludes halogenated alkanes) is 3. The molecule has 0 aliphatic carbocycles. The molecule has 0 aromatic heterocycles. The third-order valence-electron chi connectivity index (χ3n) is 2.13. The van der Waals surface area contributed by atoms with Crippen LogP contribution in [0.4, 0.5) is 0 Å². The average Bonchev–Trinajstić information content (AvgIpc) is 2.16. The predicted octanol–water partition coefficient (Wildman–Crippen LogP) is 1.72. The molecule has 0 saturated carbocycles. The number of thiol groups is 2. The topological polar surface area (TPSA) is 30.5 Å². The minimum atomic E-state index is 0.709. The first-order valence-electron chi connectivity index (χ1n) is 5.37. The summed E-state index contributed by atoms with van der Waals surface area (Å²) >= 11 is 8.52. The molecule has 15 heavy (non-hydrogen) atoms. The fourth-order valence-corrected chi connectivity index (χ4v) is 1.98. The van der Waals surface area contributed by atoms with Crippen molar-refractivity contribution in [2.45, 2.75) is 32.6 Å². The third-order valence-corrected chi connectivity index (χ3v) is 2.61. The quantitative estimate of drug-likeness (QED) is 0.426. The van der Waals surface area contributed by atoms with Crippen LogP contribution >= 0.6 is 25.4 Å². The highest BCUT2D eigenvalue weighted by atomic mass is 32.1. The molecule has 1 rings (SSSR count). The van der Waals surface area contributed by atoms with Crippen LogP contribution < -0.4 is 11.0 Å². The van der Waals surface area contributed by atoms with Crippen molar-refractivity contribution in [3.63, 3.8) is 0 Å².